The van der Waals surface area contributed by atoms with E-state index in [1.807, 2.05) is 0 Å². The first kappa shape index (κ1) is 13.5. The van der Waals surface area contributed by atoms with Crippen molar-refractivity contribution in [2.24, 2.45) is 0 Å². The number of aryl methyl sites for hydroxylation is 1. The van der Waals surface area contributed by atoms with Gasteiger partial charge in [0.2, 0.25) is 0 Å². The van der Waals surface area contributed by atoms with Crippen molar-refractivity contribution in [3.8, 4) is 0 Å². The molecule has 1 aliphatic rings. The standard InChI is InChI=1S/C14H17NO4/c1-10-7-11(9-12(8-10)14(17)18)13(16)15-3-2-5-19-6-4-15/h7-9H,2-6H2,1H3,(H,17,18). The van der Waals surface area contributed by atoms with Crippen LogP contribution in [0.25, 0.3) is 0 Å². The molecule has 1 aromatic rings. The van der Waals surface area contributed by atoms with E-state index >= 15 is 0 Å². The van der Waals surface area contributed by atoms with Crippen LogP contribution < -0.4 is 0 Å². The van der Waals surface area contributed by atoms with Crippen LogP contribution in [0.1, 0.15) is 32.7 Å². The molecule has 0 atom stereocenters. The van der Waals surface area contributed by atoms with Gasteiger partial charge in [-0.15, -0.1) is 0 Å². The molecule has 0 radical (unpaired) electrons. The molecule has 1 fully saturated rings. The highest BCUT2D eigenvalue weighted by Gasteiger charge is 2.19. The van der Waals surface area contributed by atoms with E-state index < -0.39 is 5.97 Å². The summed E-state index contributed by atoms with van der Waals surface area (Å²) in [7, 11) is 0. The molecule has 0 aromatic heterocycles. The number of carboxylic acids is 1. The van der Waals surface area contributed by atoms with Crippen LogP contribution in [0, 0.1) is 6.92 Å². The average Bonchev–Trinajstić information content (AvgIpc) is 2.65. The van der Waals surface area contributed by atoms with Crippen LogP contribution >= 0.6 is 0 Å². The highest BCUT2D eigenvalue weighted by Crippen LogP contribution is 2.13. The molecule has 0 saturated carbocycles. The molecular weight excluding hydrogens is 246 g/mol. The molecule has 1 saturated heterocycles. The normalized spacial score (nSPS) is 15.9. The summed E-state index contributed by atoms with van der Waals surface area (Å²) in [6.45, 7) is 4.18. The number of hydrogen-bond acceptors (Lipinski definition) is 3. The lowest BCUT2D eigenvalue weighted by atomic mass is 10.1. The van der Waals surface area contributed by atoms with Crippen molar-refractivity contribution in [2.75, 3.05) is 26.3 Å². The topological polar surface area (TPSA) is 66.8 Å². The quantitative estimate of drug-likeness (QED) is 0.879. The van der Waals surface area contributed by atoms with Crippen LogP contribution in [0.2, 0.25) is 0 Å². The second-order valence-corrected chi connectivity index (χ2v) is 4.65. The van der Waals surface area contributed by atoms with Gasteiger partial charge in [0.05, 0.1) is 12.2 Å². The Morgan fingerprint density at radius 2 is 1.89 bits per heavy atom. The first-order valence-electron chi connectivity index (χ1n) is 6.30. The molecule has 5 heteroatoms. The summed E-state index contributed by atoms with van der Waals surface area (Å²) in [5, 5.41) is 9.03. The average molecular weight is 263 g/mol. The number of carbonyl (C=O) groups is 2. The lowest BCUT2D eigenvalue weighted by molar-refractivity contribution is 0.0696. The minimum absolute atomic E-state index is 0.128. The van der Waals surface area contributed by atoms with E-state index in [1.165, 1.54) is 6.07 Å². The minimum atomic E-state index is -1.02. The Labute approximate surface area is 111 Å². The van der Waals surface area contributed by atoms with Gasteiger partial charge < -0.3 is 14.7 Å². The highest BCUT2D eigenvalue weighted by atomic mass is 16.5. The van der Waals surface area contributed by atoms with E-state index in [1.54, 1.807) is 24.0 Å². The van der Waals surface area contributed by atoms with E-state index in [0.29, 0.717) is 31.9 Å². The fourth-order valence-corrected chi connectivity index (χ4v) is 2.16. The number of nitrogens with zero attached hydrogens (tertiary/aromatic N) is 1. The van der Waals surface area contributed by atoms with E-state index in [2.05, 4.69) is 0 Å². The molecule has 1 aromatic carbocycles. The number of hydrogen-bond donors (Lipinski definition) is 1. The summed E-state index contributed by atoms with van der Waals surface area (Å²) in [5.74, 6) is -1.14. The first-order chi connectivity index (χ1) is 9.08. The first-order valence-corrected chi connectivity index (χ1v) is 6.30. The van der Waals surface area contributed by atoms with Gasteiger partial charge in [0.25, 0.3) is 5.91 Å². The third-order valence-electron chi connectivity index (χ3n) is 3.08. The summed E-state index contributed by atoms with van der Waals surface area (Å²) in [6, 6.07) is 4.72. The molecule has 1 aliphatic heterocycles. The molecule has 19 heavy (non-hydrogen) atoms. The second kappa shape index (κ2) is 5.84. The maximum atomic E-state index is 12.4. The Kier molecular flexibility index (Phi) is 4.16. The zero-order valence-corrected chi connectivity index (χ0v) is 10.9. The van der Waals surface area contributed by atoms with E-state index in [0.717, 1.165) is 12.0 Å². The molecule has 0 spiro atoms. The third kappa shape index (κ3) is 3.32. The fraction of sp³-hybridized carbons (Fsp3) is 0.429. The molecule has 2 rings (SSSR count). The van der Waals surface area contributed by atoms with Crippen molar-refractivity contribution in [3.05, 3.63) is 34.9 Å². The molecular formula is C14H17NO4. The van der Waals surface area contributed by atoms with E-state index in [-0.39, 0.29) is 11.5 Å². The number of ether oxygens (including phenoxy) is 1. The van der Waals surface area contributed by atoms with Gasteiger partial charge in [-0.05, 0) is 37.1 Å². The van der Waals surface area contributed by atoms with E-state index in [4.69, 9.17) is 9.84 Å². The molecule has 0 bridgehead atoms. The predicted molar refractivity (Wildman–Crippen MR) is 69.5 cm³/mol. The van der Waals surface area contributed by atoms with Crippen LogP contribution in [-0.4, -0.2) is 48.2 Å². The molecule has 1 amide bonds. The van der Waals surface area contributed by atoms with Gasteiger partial charge in [-0.1, -0.05) is 0 Å². The lowest BCUT2D eigenvalue weighted by Gasteiger charge is -2.20. The van der Waals surface area contributed by atoms with Crippen molar-refractivity contribution >= 4 is 11.9 Å². The van der Waals surface area contributed by atoms with Gasteiger partial charge in [0.15, 0.2) is 0 Å². The van der Waals surface area contributed by atoms with Gasteiger partial charge in [0.1, 0.15) is 0 Å². The summed E-state index contributed by atoms with van der Waals surface area (Å²) in [4.78, 5) is 25.1. The van der Waals surface area contributed by atoms with Crippen molar-refractivity contribution in [1.29, 1.82) is 0 Å². The number of amides is 1. The van der Waals surface area contributed by atoms with Crippen LogP contribution in [0.5, 0.6) is 0 Å². The zero-order chi connectivity index (χ0) is 13.8. The van der Waals surface area contributed by atoms with Crippen molar-refractivity contribution in [3.63, 3.8) is 0 Å². The number of carboxylic acid groups (broad SMARTS) is 1. The van der Waals surface area contributed by atoms with Crippen LogP contribution in [0.4, 0.5) is 0 Å². The molecule has 102 valence electrons. The maximum absolute atomic E-state index is 12.4. The van der Waals surface area contributed by atoms with Gasteiger partial charge in [-0.2, -0.15) is 0 Å². The van der Waals surface area contributed by atoms with Crippen LogP contribution in [-0.2, 0) is 4.74 Å². The maximum Gasteiger partial charge on any atom is 0.335 e. The van der Waals surface area contributed by atoms with Crippen molar-refractivity contribution in [2.45, 2.75) is 13.3 Å². The summed E-state index contributed by atoms with van der Waals surface area (Å²) >= 11 is 0. The monoisotopic (exact) mass is 263 g/mol. The van der Waals surface area contributed by atoms with Crippen molar-refractivity contribution < 1.29 is 19.4 Å². The van der Waals surface area contributed by atoms with E-state index in [9.17, 15) is 9.59 Å². The van der Waals surface area contributed by atoms with Gasteiger partial charge in [-0.25, -0.2) is 4.79 Å². The third-order valence-corrected chi connectivity index (χ3v) is 3.08. The molecule has 0 unspecified atom stereocenters. The Bertz CT molecular complexity index is 490. The van der Waals surface area contributed by atoms with Gasteiger partial charge in [0, 0.05) is 25.3 Å². The largest absolute Gasteiger partial charge is 0.478 e. The Balaban J connectivity index is 2.24. The second-order valence-electron chi connectivity index (χ2n) is 4.65. The van der Waals surface area contributed by atoms with Crippen LogP contribution in [0.15, 0.2) is 18.2 Å². The number of carbonyl (C=O) groups excluding carboxylic acids is 1. The SMILES string of the molecule is Cc1cc(C(=O)O)cc(C(=O)N2CCCOCC2)c1. The fourth-order valence-electron chi connectivity index (χ4n) is 2.16. The summed E-state index contributed by atoms with van der Waals surface area (Å²) in [6.07, 6.45) is 0.809. The summed E-state index contributed by atoms with van der Waals surface area (Å²) in [5.41, 5.74) is 1.35. The molecule has 1 heterocycles. The minimum Gasteiger partial charge on any atom is -0.478 e. The Hall–Kier alpha value is -1.88. The molecule has 1 N–H and O–H groups in total. The smallest absolute Gasteiger partial charge is 0.335 e. The molecule has 5 nitrogen and oxygen atoms in total. The van der Waals surface area contributed by atoms with Gasteiger partial charge >= 0.3 is 5.97 Å². The lowest BCUT2D eigenvalue weighted by Crippen LogP contribution is -2.33. The summed E-state index contributed by atoms with van der Waals surface area (Å²) < 4.78 is 5.31. The zero-order valence-electron chi connectivity index (χ0n) is 10.9. The predicted octanol–water partition coefficient (Wildman–Crippen LogP) is 1.56. The molecule has 0 aliphatic carbocycles. The Morgan fingerprint density at radius 1 is 1.16 bits per heavy atom. The van der Waals surface area contributed by atoms with Crippen LogP contribution in [0.3, 0.4) is 0 Å². The number of aromatic carboxylic acids is 1. The highest BCUT2D eigenvalue weighted by molar-refractivity contribution is 5.97. The Morgan fingerprint density at radius 3 is 2.63 bits per heavy atom. The number of rotatable bonds is 2. The van der Waals surface area contributed by atoms with Gasteiger partial charge in [-0.3, -0.25) is 4.79 Å². The van der Waals surface area contributed by atoms with Crippen molar-refractivity contribution in [1.82, 2.24) is 4.90 Å². The number of benzene rings is 1.